The number of hydrogen-bond acceptors (Lipinski definition) is 2. The van der Waals surface area contributed by atoms with Gasteiger partial charge in [-0.15, -0.1) is 24.0 Å². The zero-order valence-corrected chi connectivity index (χ0v) is 16.1. The Balaban J connectivity index is 0.00000242. The second-order valence-corrected chi connectivity index (χ2v) is 6.14. The summed E-state index contributed by atoms with van der Waals surface area (Å²) in [6.07, 6.45) is 0.801. The molecule has 0 atom stereocenters. The summed E-state index contributed by atoms with van der Waals surface area (Å²) in [6, 6.07) is 10.2. The van der Waals surface area contributed by atoms with Gasteiger partial charge in [-0.05, 0) is 39.8 Å². The number of hydrogen-bond donors (Lipinski definition) is 2. The van der Waals surface area contributed by atoms with Gasteiger partial charge in [0.1, 0.15) is 11.3 Å². The largest absolute Gasteiger partial charge is 0.461 e. The number of nitrogens with zero attached hydrogens (tertiary/aromatic N) is 1. The van der Waals surface area contributed by atoms with Crippen LogP contribution in [0.15, 0.2) is 39.7 Å². The zero-order chi connectivity index (χ0) is 15.3. The third-order valence-electron chi connectivity index (χ3n) is 2.94. The second-order valence-electron chi connectivity index (χ2n) is 6.14. The first-order valence-electron chi connectivity index (χ1n) is 7.52. The van der Waals surface area contributed by atoms with Gasteiger partial charge < -0.3 is 15.1 Å². The topological polar surface area (TPSA) is 49.6 Å². The summed E-state index contributed by atoms with van der Waals surface area (Å²) in [7, 11) is 0. The molecule has 2 aromatic rings. The van der Waals surface area contributed by atoms with Crippen molar-refractivity contribution < 1.29 is 4.42 Å². The van der Waals surface area contributed by atoms with Crippen molar-refractivity contribution in [1.29, 1.82) is 0 Å². The minimum absolute atomic E-state index is 0. The quantitative estimate of drug-likeness (QED) is 0.452. The van der Waals surface area contributed by atoms with E-state index >= 15 is 0 Å². The summed E-state index contributed by atoms with van der Waals surface area (Å²) in [6.45, 7) is 9.99. The Morgan fingerprint density at radius 1 is 1.23 bits per heavy atom. The molecule has 4 nitrogen and oxygen atoms in total. The van der Waals surface area contributed by atoms with Gasteiger partial charge in [-0.25, -0.2) is 0 Å². The molecule has 0 fully saturated rings. The Labute approximate surface area is 149 Å². The highest BCUT2D eigenvalue weighted by atomic mass is 127. The first-order valence-corrected chi connectivity index (χ1v) is 7.52. The molecule has 0 aliphatic heterocycles. The first kappa shape index (κ1) is 18.8. The lowest BCUT2D eigenvalue weighted by atomic mass is 10.1. The van der Waals surface area contributed by atoms with Gasteiger partial charge in [0.05, 0.1) is 0 Å². The molecule has 0 bridgehead atoms. The molecule has 0 amide bonds. The molecule has 0 radical (unpaired) electrons. The lowest BCUT2D eigenvalue weighted by Crippen LogP contribution is -2.47. The second kappa shape index (κ2) is 8.41. The van der Waals surface area contributed by atoms with E-state index in [9.17, 15) is 0 Å². The predicted octanol–water partition coefficient (Wildman–Crippen LogP) is 3.95. The van der Waals surface area contributed by atoms with Crippen LogP contribution in [0.5, 0.6) is 0 Å². The van der Waals surface area contributed by atoms with Crippen molar-refractivity contribution in [2.24, 2.45) is 4.99 Å². The van der Waals surface area contributed by atoms with E-state index in [0.717, 1.165) is 35.7 Å². The first-order chi connectivity index (χ1) is 9.98. The number of furan rings is 1. The number of rotatable bonds is 4. The molecule has 122 valence electrons. The molecule has 5 heteroatoms. The average Bonchev–Trinajstić information content (AvgIpc) is 2.79. The number of aliphatic imine (C=N–C) groups is 1. The van der Waals surface area contributed by atoms with E-state index in [-0.39, 0.29) is 29.5 Å². The number of nitrogens with one attached hydrogen (secondary N) is 2. The molecule has 0 saturated carbocycles. The Morgan fingerprint density at radius 3 is 2.59 bits per heavy atom. The van der Waals surface area contributed by atoms with Crippen LogP contribution in [0, 0.1) is 0 Å². The Bertz CT molecular complexity index is 581. The highest BCUT2D eigenvalue weighted by Crippen LogP contribution is 2.18. The predicted molar refractivity (Wildman–Crippen MR) is 104 cm³/mol. The van der Waals surface area contributed by atoms with Crippen LogP contribution in [0.25, 0.3) is 11.0 Å². The van der Waals surface area contributed by atoms with Crippen molar-refractivity contribution >= 4 is 40.9 Å². The van der Waals surface area contributed by atoms with E-state index in [0.29, 0.717) is 6.54 Å². The molecular formula is C17H26IN3O. The lowest BCUT2D eigenvalue weighted by molar-refractivity contribution is 0.500. The lowest BCUT2D eigenvalue weighted by Gasteiger charge is -2.23. The number of fused-ring (bicyclic) bond motifs is 1. The van der Waals surface area contributed by atoms with Crippen LogP contribution in [0.1, 0.15) is 33.5 Å². The van der Waals surface area contributed by atoms with Crippen LogP contribution in [0.2, 0.25) is 0 Å². The fraction of sp³-hybridized carbons (Fsp3) is 0.471. The van der Waals surface area contributed by atoms with Crippen LogP contribution in [0.4, 0.5) is 0 Å². The number of halogens is 1. The third-order valence-corrected chi connectivity index (χ3v) is 2.94. The van der Waals surface area contributed by atoms with Crippen LogP contribution in [-0.4, -0.2) is 24.6 Å². The normalized spacial score (nSPS) is 12.1. The molecule has 0 spiro atoms. The average molecular weight is 415 g/mol. The van der Waals surface area contributed by atoms with Crippen LogP contribution in [-0.2, 0) is 6.42 Å². The molecule has 0 unspecified atom stereocenters. The SMILES string of the molecule is CCNC(=NCCc1cc2ccccc2o1)NC(C)(C)C.I. The van der Waals surface area contributed by atoms with Crippen LogP contribution in [0.3, 0.4) is 0 Å². The highest BCUT2D eigenvalue weighted by Gasteiger charge is 2.11. The van der Waals surface area contributed by atoms with Gasteiger partial charge in [0.25, 0.3) is 0 Å². The van der Waals surface area contributed by atoms with Crippen molar-refractivity contribution in [3.63, 3.8) is 0 Å². The monoisotopic (exact) mass is 415 g/mol. The number of guanidine groups is 1. The number of benzene rings is 1. The maximum absolute atomic E-state index is 5.80. The van der Waals surface area contributed by atoms with E-state index in [1.54, 1.807) is 0 Å². The summed E-state index contributed by atoms with van der Waals surface area (Å²) >= 11 is 0. The van der Waals surface area contributed by atoms with Gasteiger partial charge in [-0.1, -0.05) is 18.2 Å². The molecule has 2 N–H and O–H groups in total. The van der Waals surface area contributed by atoms with Gasteiger partial charge >= 0.3 is 0 Å². The maximum atomic E-state index is 5.80. The van der Waals surface area contributed by atoms with Crippen molar-refractivity contribution in [2.75, 3.05) is 13.1 Å². The van der Waals surface area contributed by atoms with E-state index < -0.39 is 0 Å². The molecule has 22 heavy (non-hydrogen) atoms. The molecule has 0 saturated heterocycles. The van der Waals surface area contributed by atoms with Gasteiger partial charge in [0.2, 0.25) is 0 Å². The van der Waals surface area contributed by atoms with Gasteiger partial charge in [0.15, 0.2) is 5.96 Å². The fourth-order valence-electron chi connectivity index (χ4n) is 2.10. The smallest absolute Gasteiger partial charge is 0.191 e. The minimum Gasteiger partial charge on any atom is -0.461 e. The van der Waals surface area contributed by atoms with Crippen molar-refractivity contribution in [1.82, 2.24) is 10.6 Å². The maximum Gasteiger partial charge on any atom is 0.191 e. The molecular weight excluding hydrogens is 389 g/mol. The molecule has 0 aliphatic carbocycles. The third kappa shape index (κ3) is 5.87. The van der Waals surface area contributed by atoms with Crippen molar-refractivity contribution in [3.05, 3.63) is 36.1 Å². The fourth-order valence-corrected chi connectivity index (χ4v) is 2.10. The standard InChI is InChI=1S/C17H25N3O.HI/c1-5-18-16(20-17(2,3)4)19-11-10-14-12-13-8-6-7-9-15(13)21-14;/h6-9,12H,5,10-11H2,1-4H3,(H2,18,19,20);1H. The van der Waals surface area contributed by atoms with Gasteiger partial charge in [-0.2, -0.15) is 0 Å². The minimum atomic E-state index is 0. The van der Waals surface area contributed by atoms with Crippen LogP contribution >= 0.6 is 24.0 Å². The summed E-state index contributed by atoms with van der Waals surface area (Å²) in [5.74, 6) is 1.83. The van der Waals surface area contributed by atoms with Crippen molar-refractivity contribution in [2.45, 2.75) is 39.7 Å². The molecule has 1 heterocycles. The van der Waals surface area contributed by atoms with Gasteiger partial charge in [-0.3, -0.25) is 4.99 Å². The summed E-state index contributed by atoms with van der Waals surface area (Å²) in [5.41, 5.74) is 0.941. The molecule has 1 aromatic carbocycles. The van der Waals surface area contributed by atoms with Gasteiger partial charge in [0, 0.05) is 30.4 Å². The molecule has 2 rings (SSSR count). The van der Waals surface area contributed by atoms with E-state index in [2.05, 4.69) is 55.5 Å². The van der Waals surface area contributed by atoms with Crippen LogP contribution < -0.4 is 10.6 Å². The molecule has 0 aliphatic rings. The summed E-state index contributed by atoms with van der Waals surface area (Å²) < 4.78 is 5.80. The van der Waals surface area contributed by atoms with E-state index in [4.69, 9.17) is 4.42 Å². The van der Waals surface area contributed by atoms with Crippen molar-refractivity contribution in [3.8, 4) is 0 Å². The molecule has 1 aromatic heterocycles. The van der Waals surface area contributed by atoms with E-state index in [1.165, 1.54) is 0 Å². The zero-order valence-electron chi connectivity index (χ0n) is 13.8. The number of para-hydroxylation sites is 1. The summed E-state index contributed by atoms with van der Waals surface area (Å²) in [4.78, 5) is 4.60. The Hall–Kier alpha value is -1.24. The van der Waals surface area contributed by atoms with E-state index in [1.807, 2.05) is 18.2 Å². The Morgan fingerprint density at radius 2 is 1.95 bits per heavy atom. The Kier molecular flexibility index (Phi) is 7.19. The summed E-state index contributed by atoms with van der Waals surface area (Å²) in [5, 5.41) is 7.79. The highest BCUT2D eigenvalue weighted by molar-refractivity contribution is 14.0.